The molecule has 0 fully saturated rings. The van der Waals surface area contributed by atoms with E-state index in [1.807, 2.05) is 20.8 Å². The fraction of sp³-hybridized carbons (Fsp3) is 0.667. The van der Waals surface area contributed by atoms with Crippen molar-refractivity contribution in [2.75, 3.05) is 0 Å². The minimum atomic E-state index is -0.250. The van der Waals surface area contributed by atoms with Crippen molar-refractivity contribution in [3.8, 4) is 0 Å². The van der Waals surface area contributed by atoms with Gasteiger partial charge in [-0.15, -0.1) is 12.3 Å². The highest BCUT2D eigenvalue weighted by Gasteiger charge is 2.04. The first kappa shape index (κ1) is 6.54. The van der Waals surface area contributed by atoms with Crippen molar-refractivity contribution in [2.24, 2.45) is 5.41 Å². The van der Waals surface area contributed by atoms with Crippen LogP contribution in [0.5, 0.6) is 0 Å². The van der Waals surface area contributed by atoms with E-state index in [4.69, 9.17) is 0 Å². The lowest BCUT2D eigenvalue weighted by Crippen LogP contribution is -2.18. The van der Waals surface area contributed by atoms with E-state index in [2.05, 4.69) is 6.58 Å². The minimum absolute atomic E-state index is 0.00694. The third-order valence-electron chi connectivity index (χ3n) is 0.837. The molecule has 0 N–H and O–H groups in total. The third kappa shape index (κ3) is 2.26. The highest BCUT2D eigenvalue weighted by Crippen LogP contribution is 2.17. The third-order valence-corrected chi connectivity index (χ3v) is 0.837. The van der Waals surface area contributed by atoms with Gasteiger partial charge in [0.2, 0.25) is 0 Å². The molecule has 0 saturated carbocycles. The molecule has 0 amide bonds. The van der Waals surface area contributed by atoms with Gasteiger partial charge in [-0.1, -0.05) is 20.8 Å². The normalized spacial score (nSPS) is 11.3. The van der Waals surface area contributed by atoms with Gasteiger partial charge in [0.05, 0.1) is 0 Å². The molecule has 42 valence electrons. The van der Waals surface area contributed by atoms with Gasteiger partial charge in [-0.25, -0.2) is 0 Å². The molecule has 7 heavy (non-hydrogen) atoms. The fourth-order valence-electron chi connectivity index (χ4n) is 0. The van der Waals surface area contributed by atoms with Gasteiger partial charge >= 0.3 is 0 Å². The topological polar surface area (TPSA) is 23.1 Å². The number of rotatable bonds is 0. The Kier molecular flexibility index (Phi) is 1.46. The van der Waals surface area contributed by atoms with Crippen molar-refractivity contribution in [1.82, 2.24) is 0 Å². The summed E-state index contributed by atoms with van der Waals surface area (Å²) in [5.74, 6) is -0.00694. The molecule has 0 radical (unpaired) electrons. The van der Waals surface area contributed by atoms with Crippen LogP contribution in [0, 0.1) is 5.41 Å². The van der Waals surface area contributed by atoms with Gasteiger partial charge in [0.25, 0.3) is 0 Å². The van der Waals surface area contributed by atoms with E-state index >= 15 is 0 Å². The summed E-state index contributed by atoms with van der Waals surface area (Å²) in [4.78, 5) is 0. The van der Waals surface area contributed by atoms with Crippen LogP contribution in [0.4, 0.5) is 0 Å². The average molecular weight is 99.2 g/mol. The molecule has 0 heterocycles. The van der Waals surface area contributed by atoms with Gasteiger partial charge in [0, 0.05) is 0 Å². The lowest BCUT2D eigenvalue weighted by atomic mass is 9.95. The Balaban J connectivity index is 3.79. The van der Waals surface area contributed by atoms with Crippen molar-refractivity contribution < 1.29 is 5.11 Å². The van der Waals surface area contributed by atoms with Gasteiger partial charge in [0.1, 0.15) is 0 Å². The first-order valence-corrected chi connectivity index (χ1v) is 2.31. The molecule has 1 nitrogen and oxygen atoms in total. The highest BCUT2D eigenvalue weighted by atomic mass is 16.3. The second kappa shape index (κ2) is 1.57. The molecule has 0 aromatic rings. The quantitative estimate of drug-likeness (QED) is 0.414. The number of hydrogen-bond donors (Lipinski definition) is 0. The molecule has 0 aliphatic carbocycles. The zero-order chi connectivity index (χ0) is 6.08. The zero-order valence-electron chi connectivity index (χ0n) is 5.12. The summed E-state index contributed by atoms with van der Waals surface area (Å²) >= 11 is 0. The summed E-state index contributed by atoms with van der Waals surface area (Å²) in [7, 11) is 0. The second-order valence-corrected chi connectivity index (χ2v) is 2.67. The summed E-state index contributed by atoms with van der Waals surface area (Å²) in [6.07, 6.45) is 0. The maximum atomic E-state index is 10.4. The van der Waals surface area contributed by atoms with Gasteiger partial charge in [-0.05, 0) is 5.41 Å². The maximum Gasteiger partial charge on any atom is -0.0280 e. The van der Waals surface area contributed by atoms with Gasteiger partial charge in [-0.2, -0.15) is 0 Å². The largest absolute Gasteiger partial charge is 0.875 e. The first-order chi connectivity index (χ1) is 2.94. The summed E-state index contributed by atoms with van der Waals surface area (Å²) in [6, 6.07) is 0. The van der Waals surface area contributed by atoms with Crippen LogP contribution >= 0.6 is 0 Å². The molecular formula is C6H11O-. The van der Waals surface area contributed by atoms with Gasteiger partial charge in [0.15, 0.2) is 0 Å². The maximum absolute atomic E-state index is 10.4. The van der Waals surface area contributed by atoms with Gasteiger partial charge in [-0.3, -0.25) is 0 Å². The predicted octanol–water partition coefficient (Wildman–Crippen LogP) is 0.906. The highest BCUT2D eigenvalue weighted by molar-refractivity contribution is 4.90. The molecule has 0 atom stereocenters. The predicted molar refractivity (Wildman–Crippen MR) is 28.6 cm³/mol. The van der Waals surface area contributed by atoms with Crippen molar-refractivity contribution >= 4 is 0 Å². The van der Waals surface area contributed by atoms with Crippen LogP contribution in [-0.4, -0.2) is 0 Å². The Morgan fingerprint density at radius 2 is 1.57 bits per heavy atom. The van der Waals surface area contributed by atoms with E-state index in [1.165, 1.54) is 0 Å². The molecule has 0 saturated heterocycles. The molecule has 1 heteroatoms. The van der Waals surface area contributed by atoms with E-state index < -0.39 is 0 Å². The Morgan fingerprint density at radius 1 is 1.43 bits per heavy atom. The van der Waals surface area contributed by atoms with Crippen LogP contribution < -0.4 is 5.11 Å². The van der Waals surface area contributed by atoms with E-state index in [9.17, 15) is 5.11 Å². The summed E-state index contributed by atoms with van der Waals surface area (Å²) in [6.45, 7) is 8.82. The van der Waals surface area contributed by atoms with E-state index in [-0.39, 0.29) is 11.2 Å². The molecule has 0 aromatic heterocycles. The average Bonchev–Trinajstić information content (AvgIpc) is 1.31. The Morgan fingerprint density at radius 3 is 1.57 bits per heavy atom. The van der Waals surface area contributed by atoms with Crippen molar-refractivity contribution in [3.63, 3.8) is 0 Å². The van der Waals surface area contributed by atoms with Crippen LogP contribution in [0.15, 0.2) is 12.3 Å². The lowest BCUT2D eigenvalue weighted by Gasteiger charge is -2.25. The molecular weight excluding hydrogens is 88.1 g/mol. The minimum Gasteiger partial charge on any atom is -0.875 e. The van der Waals surface area contributed by atoms with Crippen molar-refractivity contribution in [1.29, 1.82) is 0 Å². The molecule has 0 bridgehead atoms. The van der Waals surface area contributed by atoms with Crippen molar-refractivity contribution in [3.05, 3.63) is 12.3 Å². The zero-order valence-corrected chi connectivity index (χ0v) is 5.12. The Labute approximate surface area is 44.7 Å². The Bertz CT molecular complexity index is 76.7. The fourth-order valence-corrected chi connectivity index (χ4v) is 0. The van der Waals surface area contributed by atoms with Crippen LogP contribution in [-0.2, 0) is 0 Å². The summed E-state index contributed by atoms with van der Waals surface area (Å²) in [5, 5.41) is 10.4. The van der Waals surface area contributed by atoms with Crippen molar-refractivity contribution in [2.45, 2.75) is 20.8 Å². The molecule has 0 spiro atoms. The monoisotopic (exact) mass is 99.1 g/mol. The molecule has 0 aliphatic rings. The smallest absolute Gasteiger partial charge is 0.0280 e. The number of hydrogen-bond acceptors (Lipinski definition) is 1. The van der Waals surface area contributed by atoms with E-state index in [1.54, 1.807) is 0 Å². The Hall–Kier alpha value is -0.460. The summed E-state index contributed by atoms with van der Waals surface area (Å²) in [5.41, 5.74) is -0.250. The van der Waals surface area contributed by atoms with Crippen LogP contribution in [0.2, 0.25) is 0 Å². The SMILES string of the molecule is C=C([O-])C(C)(C)C. The van der Waals surface area contributed by atoms with E-state index in [0.717, 1.165) is 0 Å². The number of allylic oxidation sites excluding steroid dienone is 1. The second-order valence-electron chi connectivity index (χ2n) is 2.67. The van der Waals surface area contributed by atoms with Crippen LogP contribution in [0.1, 0.15) is 20.8 Å². The molecule has 0 unspecified atom stereocenters. The first-order valence-electron chi connectivity index (χ1n) is 2.31. The van der Waals surface area contributed by atoms with Gasteiger partial charge < -0.3 is 5.11 Å². The van der Waals surface area contributed by atoms with Crippen LogP contribution in [0.25, 0.3) is 0 Å². The molecule has 0 aliphatic heterocycles. The summed E-state index contributed by atoms with van der Waals surface area (Å²) < 4.78 is 0. The van der Waals surface area contributed by atoms with Crippen LogP contribution in [0.3, 0.4) is 0 Å². The van der Waals surface area contributed by atoms with E-state index in [0.29, 0.717) is 0 Å². The lowest BCUT2D eigenvalue weighted by molar-refractivity contribution is -0.321. The standard InChI is InChI=1S/C6H12O/c1-5(7)6(2,3)4/h7H,1H2,2-4H3/p-1. The molecule has 0 aromatic carbocycles. The molecule has 0 rings (SSSR count).